The number of anilines is 2. The fraction of sp³-hybridized carbons (Fsp3) is 0.333. The molecule has 9 nitrogen and oxygen atoms in total. The van der Waals surface area contributed by atoms with Crippen LogP contribution in [-0.2, 0) is 9.53 Å². The Kier molecular flexibility index (Phi) is 5.70. The summed E-state index contributed by atoms with van der Waals surface area (Å²) < 4.78 is 20.1. The first-order valence-corrected chi connectivity index (χ1v) is 9.91. The van der Waals surface area contributed by atoms with Crippen molar-refractivity contribution in [2.24, 2.45) is 5.10 Å². The van der Waals surface area contributed by atoms with Crippen LogP contribution in [0.25, 0.3) is 11.1 Å². The van der Waals surface area contributed by atoms with Gasteiger partial charge in [0.15, 0.2) is 0 Å². The Bertz CT molecular complexity index is 1010. The molecule has 2 aliphatic heterocycles. The Morgan fingerprint density at radius 1 is 1.29 bits per heavy atom. The molecule has 1 unspecified atom stereocenters. The molecule has 1 atom stereocenters. The van der Waals surface area contributed by atoms with Gasteiger partial charge >= 0.3 is 6.09 Å². The van der Waals surface area contributed by atoms with Crippen LogP contribution in [0.2, 0.25) is 0 Å². The minimum absolute atomic E-state index is 0.204. The van der Waals surface area contributed by atoms with E-state index in [9.17, 15) is 14.0 Å². The molecule has 2 aliphatic rings. The van der Waals surface area contributed by atoms with Crippen molar-refractivity contribution in [1.82, 2.24) is 15.3 Å². The summed E-state index contributed by atoms with van der Waals surface area (Å²) in [5.74, 6) is 0.0680. The van der Waals surface area contributed by atoms with E-state index < -0.39 is 18.0 Å². The van der Waals surface area contributed by atoms with Crippen LogP contribution in [0.3, 0.4) is 0 Å². The highest BCUT2D eigenvalue weighted by molar-refractivity contribution is 5.90. The third-order valence-electron chi connectivity index (χ3n) is 5.12. The first kappa shape index (κ1) is 20.6. The van der Waals surface area contributed by atoms with E-state index >= 15 is 0 Å². The molecule has 2 aromatic rings. The lowest BCUT2D eigenvalue weighted by Crippen LogP contribution is -2.36. The zero-order valence-corrected chi connectivity index (χ0v) is 17.3. The minimum atomic E-state index is -0.567. The van der Waals surface area contributed by atoms with Gasteiger partial charge in [-0.2, -0.15) is 5.10 Å². The molecule has 1 saturated heterocycles. The summed E-state index contributed by atoms with van der Waals surface area (Å²) in [6, 6.07) is 8.22. The molecular weight excluding hydrogens is 403 g/mol. The Hall–Kier alpha value is -3.69. The molecule has 0 aliphatic carbocycles. The Morgan fingerprint density at radius 2 is 2.13 bits per heavy atom. The number of likely N-dealkylation sites (N-methyl/N-ethyl adjacent to an activating group) is 1. The second-order valence-corrected chi connectivity index (χ2v) is 7.43. The van der Waals surface area contributed by atoms with Gasteiger partial charge in [0.1, 0.15) is 24.1 Å². The van der Waals surface area contributed by atoms with Crippen molar-refractivity contribution in [2.75, 3.05) is 43.0 Å². The third-order valence-corrected chi connectivity index (χ3v) is 5.12. The van der Waals surface area contributed by atoms with Crippen molar-refractivity contribution in [2.45, 2.75) is 13.0 Å². The van der Waals surface area contributed by atoms with E-state index in [0.29, 0.717) is 16.8 Å². The lowest BCUT2D eigenvalue weighted by molar-refractivity contribution is -0.119. The molecule has 1 aromatic heterocycles. The topological polar surface area (TPSA) is 90.4 Å². The average Bonchev–Trinajstić information content (AvgIpc) is 3.13. The molecule has 162 valence electrons. The van der Waals surface area contributed by atoms with E-state index in [1.807, 2.05) is 23.0 Å². The molecule has 0 saturated carbocycles. The summed E-state index contributed by atoms with van der Waals surface area (Å²) >= 11 is 0. The van der Waals surface area contributed by atoms with Crippen LogP contribution in [0.5, 0.6) is 0 Å². The Balaban J connectivity index is 1.47. The molecule has 2 amide bonds. The summed E-state index contributed by atoms with van der Waals surface area (Å²) in [5, 5.41) is 8.69. The van der Waals surface area contributed by atoms with Crippen molar-refractivity contribution in [3.63, 3.8) is 0 Å². The summed E-state index contributed by atoms with van der Waals surface area (Å²) in [5.41, 5.74) is 1.42. The first-order valence-electron chi connectivity index (χ1n) is 9.91. The highest BCUT2D eigenvalue weighted by Crippen LogP contribution is 2.29. The van der Waals surface area contributed by atoms with E-state index in [1.165, 1.54) is 17.9 Å². The maximum absolute atomic E-state index is 14.9. The summed E-state index contributed by atoms with van der Waals surface area (Å²) in [7, 11) is 1.90. The lowest BCUT2D eigenvalue weighted by atomic mass is 10.1. The van der Waals surface area contributed by atoms with Crippen LogP contribution >= 0.6 is 0 Å². The fourth-order valence-corrected chi connectivity index (χ4v) is 3.41. The predicted molar refractivity (Wildman–Crippen MR) is 114 cm³/mol. The smallest absolute Gasteiger partial charge is 0.414 e. The number of nitrogens with zero attached hydrogens (tertiary/aromatic N) is 5. The van der Waals surface area contributed by atoms with Crippen LogP contribution in [0, 0.1) is 5.82 Å². The van der Waals surface area contributed by atoms with Crippen molar-refractivity contribution in [3.05, 3.63) is 42.3 Å². The van der Waals surface area contributed by atoms with Gasteiger partial charge in [0.25, 0.3) is 0 Å². The minimum Gasteiger partial charge on any atom is -0.442 e. The van der Waals surface area contributed by atoms with E-state index in [0.717, 1.165) is 18.9 Å². The zero-order chi connectivity index (χ0) is 22.0. The summed E-state index contributed by atoms with van der Waals surface area (Å²) in [6.07, 6.45) is 2.29. The molecule has 10 heteroatoms. The van der Waals surface area contributed by atoms with E-state index in [4.69, 9.17) is 4.74 Å². The predicted octanol–water partition coefficient (Wildman–Crippen LogP) is 2.04. The molecule has 31 heavy (non-hydrogen) atoms. The number of aromatic nitrogens is 1. The maximum Gasteiger partial charge on any atom is 0.414 e. The standard InChI is InChI=1S/C21H23FN6O3/c1-14(29)23-11-17-12-28(21(30)31-17)16-4-5-18(19(22)9-16)15-3-6-20(24-10-15)27-8-7-26(2)25-13-27/h3-6,9-10,13,17H,7-8,11-12H2,1-2H3,(H,23,29). The highest BCUT2D eigenvalue weighted by Gasteiger charge is 2.32. The molecule has 0 bridgehead atoms. The van der Waals surface area contributed by atoms with E-state index in [2.05, 4.69) is 15.4 Å². The number of hydrogen-bond acceptors (Lipinski definition) is 7. The number of amides is 2. The number of ether oxygens (including phenoxy) is 1. The lowest BCUT2D eigenvalue weighted by Gasteiger charge is -2.26. The number of pyridine rings is 1. The zero-order valence-electron chi connectivity index (χ0n) is 17.3. The van der Waals surface area contributed by atoms with Crippen molar-refractivity contribution >= 4 is 29.8 Å². The van der Waals surface area contributed by atoms with Crippen LogP contribution < -0.4 is 15.1 Å². The van der Waals surface area contributed by atoms with Gasteiger partial charge in [-0.05, 0) is 30.3 Å². The monoisotopic (exact) mass is 426 g/mol. The highest BCUT2D eigenvalue weighted by atomic mass is 19.1. The van der Waals surface area contributed by atoms with E-state index in [1.54, 1.807) is 30.7 Å². The van der Waals surface area contributed by atoms with Crippen molar-refractivity contribution in [1.29, 1.82) is 0 Å². The first-order chi connectivity index (χ1) is 14.9. The number of cyclic esters (lactones) is 1. The van der Waals surface area contributed by atoms with Gasteiger partial charge in [-0.3, -0.25) is 14.7 Å². The van der Waals surface area contributed by atoms with Crippen LogP contribution in [0.4, 0.5) is 20.7 Å². The summed E-state index contributed by atoms with van der Waals surface area (Å²) in [4.78, 5) is 30.9. The Labute approximate surface area is 179 Å². The SMILES string of the molecule is CC(=O)NCC1CN(c2ccc(-c3ccc(N4C=NN(C)CC4)nc3)c(F)c2)C(=O)O1. The van der Waals surface area contributed by atoms with Gasteiger partial charge in [0, 0.05) is 37.8 Å². The molecule has 0 radical (unpaired) electrons. The number of hydrogen-bond donors (Lipinski definition) is 1. The van der Waals surface area contributed by atoms with E-state index in [-0.39, 0.29) is 19.0 Å². The molecular formula is C21H23FN6O3. The number of nitrogens with one attached hydrogen (secondary N) is 1. The number of rotatable bonds is 5. The number of carbonyl (C=O) groups excluding carboxylic acids is 2. The van der Waals surface area contributed by atoms with Gasteiger partial charge in [-0.1, -0.05) is 0 Å². The third kappa shape index (κ3) is 4.57. The number of hydrazone groups is 1. The average molecular weight is 426 g/mol. The largest absolute Gasteiger partial charge is 0.442 e. The number of halogens is 1. The van der Waals surface area contributed by atoms with Crippen LogP contribution in [0.1, 0.15) is 6.92 Å². The second-order valence-electron chi connectivity index (χ2n) is 7.43. The number of benzene rings is 1. The Morgan fingerprint density at radius 3 is 2.77 bits per heavy atom. The quantitative estimate of drug-likeness (QED) is 0.787. The second kappa shape index (κ2) is 8.58. The van der Waals surface area contributed by atoms with Crippen LogP contribution in [-0.4, -0.2) is 67.7 Å². The number of carbonyl (C=O) groups is 2. The van der Waals surface area contributed by atoms with Gasteiger partial charge < -0.3 is 15.0 Å². The summed E-state index contributed by atoms with van der Waals surface area (Å²) in [6.45, 7) is 3.41. The van der Waals surface area contributed by atoms with Crippen molar-refractivity contribution in [3.8, 4) is 11.1 Å². The molecule has 1 aromatic carbocycles. The van der Waals surface area contributed by atoms with Crippen molar-refractivity contribution < 1.29 is 18.7 Å². The molecule has 1 N–H and O–H groups in total. The molecule has 4 rings (SSSR count). The molecule has 0 spiro atoms. The normalized spacial score (nSPS) is 18.4. The van der Waals surface area contributed by atoms with Gasteiger partial charge in [0.2, 0.25) is 5.91 Å². The maximum atomic E-state index is 14.9. The van der Waals surface area contributed by atoms with Crippen LogP contribution in [0.15, 0.2) is 41.6 Å². The molecule has 1 fully saturated rings. The molecule has 3 heterocycles. The fourth-order valence-electron chi connectivity index (χ4n) is 3.41. The van der Waals surface area contributed by atoms with Gasteiger partial charge in [0.05, 0.1) is 25.3 Å². The van der Waals surface area contributed by atoms with Gasteiger partial charge in [-0.25, -0.2) is 14.2 Å². The van der Waals surface area contributed by atoms with Gasteiger partial charge in [-0.15, -0.1) is 0 Å².